The van der Waals surface area contributed by atoms with Crippen LogP contribution in [0.4, 0.5) is 0 Å². The molecule has 0 saturated carbocycles. The van der Waals surface area contributed by atoms with Crippen molar-refractivity contribution in [2.24, 2.45) is 0 Å². The van der Waals surface area contributed by atoms with Crippen LogP contribution in [0.25, 0.3) is 0 Å². The summed E-state index contributed by atoms with van der Waals surface area (Å²) in [6.07, 6.45) is 1.92. The maximum absolute atomic E-state index is 4.07. The predicted molar refractivity (Wildman–Crippen MR) is 68.5 cm³/mol. The van der Waals surface area contributed by atoms with Crippen molar-refractivity contribution in [2.45, 2.75) is 26.4 Å². The highest BCUT2D eigenvalue weighted by molar-refractivity contribution is 7.09. The van der Waals surface area contributed by atoms with Crippen LogP contribution in [0.5, 0.6) is 0 Å². The first-order valence-electron chi connectivity index (χ1n) is 5.43. The van der Waals surface area contributed by atoms with Crippen LogP contribution in [-0.2, 0) is 6.54 Å². The molecule has 0 bridgehead atoms. The number of hydrogen-bond donors (Lipinski definition) is 1. The number of hydrogen-bond acceptors (Lipinski definition) is 3. The zero-order chi connectivity index (χ0) is 11.4. The van der Waals surface area contributed by atoms with Gasteiger partial charge in [0, 0.05) is 23.7 Å². The number of benzene rings is 1. The fourth-order valence-corrected chi connectivity index (χ4v) is 2.31. The molecule has 1 atom stereocenters. The Morgan fingerprint density at radius 1 is 1.38 bits per heavy atom. The molecule has 0 saturated heterocycles. The average molecular weight is 232 g/mol. The van der Waals surface area contributed by atoms with Crippen LogP contribution in [-0.4, -0.2) is 4.98 Å². The molecule has 0 aliphatic heterocycles. The van der Waals surface area contributed by atoms with Gasteiger partial charge in [-0.05, 0) is 25.0 Å². The molecule has 0 aliphatic carbocycles. The van der Waals surface area contributed by atoms with Gasteiger partial charge in [0.25, 0.3) is 0 Å². The minimum absolute atomic E-state index is 0.378. The van der Waals surface area contributed by atoms with Gasteiger partial charge >= 0.3 is 0 Å². The standard InChI is InChI=1S/C13H16N2S/c1-10-5-3-4-6-13(10)11(2)15-8-12-7-14-9-16-12/h3-7,9,11,15H,8H2,1-2H3. The van der Waals surface area contributed by atoms with Crippen molar-refractivity contribution in [3.8, 4) is 0 Å². The summed E-state index contributed by atoms with van der Waals surface area (Å²) in [5.74, 6) is 0. The molecule has 0 fully saturated rings. The summed E-state index contributed by atoms with van der Waals surface area (Å²) in [4.78, 5) is 5.35. The van der Waals surface area contributed by atoms with Crippen LogP contribution in [0, 0.1) is 6.92 Å². The molecular weight excluding hydrogens is 216 g/mol. The minimum atomic E-state index is 0.378. The average Bonchev–Trinajstić information content (AvgIpc) is 2.79. The second-order valence-electron chi connectivity index (χ2n) is 3.93. The topological polar surface area (TPSA) is 24.9 Å². The van der Waals surface area contributed by atoms with E-state index in [-0.39, 0.29) is 0 Å². The highest BCUT2D eigenvalue weighted by Crippen LogP contribution is 2.17. The first-order valence-corrected chi connectivity index (χ1v) is 6.31. The lowest BCUT2D eigenvalue weighted by Crippen LogP contribution is -2.18. The highest BCUT2D eigenvalue weighted by Gasteiger charge is 2.07. The van der Waals surface area contributed by atoms with Crippen LogP contribution in [0.1, 0.15) is 29.0 Å². The summed E-state index contributed by atoms with van der Waals surface area (Å²) in [6.45, 7) is 5.24. The Morgan fingerprint density at radius 3 is 2.88 bits per heavy atom. The molecule has 2 rings (SSSR count). The van der Waals surface area contributed by atoms with Crippen LogP contribution in [0.3, 0.4) is 0 Å². The number of thiazole rings is 1. The predicted octanol–water partition coefficient (Wildman–Crippen LogP) is 3.30. The van der Waals surface area contributed by atoms with Crippen LogP contribution >= 0.6 is 11.3 Å². The zero-order valence-electron chi connectivity index (χ0n) is 9.60. The lowest BCUT2D eigenvalue weighted by atomic mass is 10.0. The quantitative estimate of drug-likeness (QED) is 0.875. The van der Waals surface area contributed by atoms with Gasteiger partial charge in [0.15, 0.2) is 0 Å². The minimum Gasteiger partial charge on any atom is -0.305 e. The lowest BCUT2D eigenvalue weighted by molar-refractivity contribution is 0.576. The second-order valence-corrected chi connectivity index (χ2v) is 4.90. The first-order chi connectivity index (χ1) is 7.77. The molecule has 2 aromatic rings. The van der Waals surface area contributed by atoms with E-state index < -0.39 is 0 Å². The third kappa shape index (κ3) is 2.68. The van der Waals surface area contributed by atoms with Gasteiger partial charge in [0.05, 0.1) is 5.51 Å². The molecule has 2 nitrogen and oxygen atoms in total. The molecule has 3 heteroatoms. The molecule has 1 aromatic heterocycles. The van der Waals surface area contributed by atoms with E-state index in [9.17, 15) is 0 Å². The van der Waals surface area contributed by atoms with Gasteiger partial charge in [0.2, 0.25) is 0 Å². The van der Waals surface area contributed by atoms with Crippen molar-refractivity contribution in [1.82, 2.24) is 10.3 Å². The summed E-state index contributed by atoms with van der Waals surface area (Å²) in [5, 5.41) is 3.51. The maximum Gasteiger partial charge on any atom is 0.0794 e. The number of rotatable bonds is 4. The fourth-order valence-electron chi connectivity index (χ4n) is 1.77. The van der Waals surface area contributed by atoms with Crippen LogP contribution in [0.2, 0.25) is 0 Å². The van der Waals surface area contributed by atoms with Crippen molar-refractivity contribution >= 4 is 11.3 Å². The number of nitrogens with one attached hydrogen (secondary N) is 1. The molecule has 84 valence electrons. The molecule has 1 unspecified atom stereocenters. The Kier molecular flexibility index (Phi) is 3.70. The normalized spacial score (nSPS) is 12.6. The summed E-state index contributed by atoms with van der Waals surface area (Å²) >= 11 is 1.69. The van der Waals surface area contributed by atoms with Crippen LogP contribution in [0.15, 0.2) is 36.0 Å². The summed E-state index contributed by atoms with van der Waals surface area (Å²) in [7, 11) is 0. The zero-order valence-corrected chi connectivity index (χ0v) is 10.4. The summed E-state index contributed by atoms with van der Waals surface area (Å²) in [5.41, 5.74) is 4.58. The van der Waals surface area contributed by atoms with E-state index >= 15 is 0 Å². The highest BCUT2D eigenvalue weighted by atomic mass is 32.1. The molecule has 16 heavy (non-hydrogen) atoms. The van der Waals surface area contributed by atoms with E-state index in [4.69, 9.17) is 0 Å². The molecule has 1 heterocycles. The third-order valence-corrected chi connectivity index (χ3v) is 3.50. The second kappa shape index (κ2) is 5.23. The third-order valence-electron chi connectivity index (χ3n) is 2.72. The van der Waals surface area contributed by atoms with Gasteiger partial charge < -0.3 is 5.32 Å². The number of nitrogens with zero attached hydrogens (tertiary/aromatic N) is 1. The number of aromatic nitrogens is 1. The smallest absolute Gasteiger partial charge is 0.0794 e. The Morgan fingerprint density at radius 2 is 2.19 bits per heavy atom. The molecule has 0 spiro atoms. The van der Waals surface area contributed by atoms with Gasteiger partial charge in [0.1, 0.15) is 0 Å². The van der Waals surface area contributed by atoms with Gasteiger partial charge in [-0.25, -0.2) is 0 Å². The summed E-state index contributed by atoms with van der Waals surface area (Å²) < 4.78 is 0. The van der Waals surface area contributed by atoms with E-state index in [0.29, 0.717) is 6.04 Å². The first kappa shape index (κ1) is 11.3. The molecule has 0 radical (unpaired) electrons. The molecular formula is C13H16N2S. The van der Waals surface area contributed by atoms with E-state index in [1.807, 2.05) is 11.7 Å². The van der Waals surface area contributed by atoms with Gasteiger partial charge in [-0.15, -0.1) is 11.3 Å². The van der Waals surface area contributed by atoms with E-state index in [1.54, 1.807) is 11.3 Å². The van der Waals surface area contributed by atoms with Gasteiger partial charge in [-0.1, -0.05) is 24.3 Å². The Bertz CT molecular complexity index is 437. The molecule has 1 aromatic carbocycles. The SMILES string of the molecule is Cc1ccccc1C(C)NCc1cncs1. The van der Waals surface area contributed by atoms with Gasteiger partial charge in [-0.3, -0.25) is 4.98 Å². The Labute approximate surface area is 100 Å². The van der Waals surface area contributed by atoms with Crippen molar-refractivity contribution in [3.63, 3.8) is 0 Å². The van der Waals surface area contributed by atoms with Crippen LogP contribution < -0.4 is 5.32 Å². The molecule has 0 amide bonds. The summed E-state index contributed by atoms with van der Waals surface area (Å²) in [6, 6.07) is 8.88. The maximum atomic E-state index is 4.07. The van der Waals surface area contributed by atoms with E-state index in [2.05, 4.69) is 48.4 Å². The van der Waals surface area contributed by atoms with E-state index in [1.165, 1.54) is 16.0 Å². The monoisotopic (exact) mass is 232 g/mol. The molecule has 1 N–H and O–H groups in total. The Balaban J connectivity index is 1.98. The van der Waals surface area contributed by atoms with Gasteiger partial charge in [-0.2, -0.15) is 0 Å². The van der Waals surface area contributed by atoms with Crippen molar-refractivity contribution in [2.75, 3.05) is 0 Å². The van der Waals surface area contributed by atoms with Crippen molar-refractivity contribution in [1.29, 1.82) is 0 Å². The Hall–Kier alpha value is -1.19. The van der Waals surface area contributed by atoms with Crippen molar-refractivity contribution in [3.05, 3.63) is 52.0 Å². The number of aryl methyl sites for hydroxylation is 1. The molecule has 0 aliphatic rings. The fraction of sp³-hybridized carbons (Fsp3) is 0.308. The largest absolute Gasteiger partial charge is 0.305 e. The van der Waals surface area contributed by atoms with E-state index in [0.717, 1.165) is 6.54 Å². The van der Waals surface area contributed by atoms with Crippen molar-refractivity contribution < 1.29 is 0 Å². The lowest BCUT2D eigenvalue weighted by Gasteiger charge is -2.15.